The van der Waals surface area contributed by atoms with Gasteiger partial charge in [-0.05, 0) is 32.4 Å². The molecule has 0 aliphatic rings. The number of ether oxygens (including phenoxy) is 1. The first-order valence-corrected chi connectivity index (χ1v) is 7.20. The van der Waals surface area contributed by atoms with Crippen molar-refractivity contribution in [2.24, 2.45) is 0 Å². The number of rotatable bonds is 6. The van der Waals surface area contributed by atoms with Crippen molar-refractivity contribution in [1.29, 1.82) is 0 Å². The van der Waals surface area contributed by atoms with Crippen LogP contribution in [0.1, 0.15) is 26.3 Å². The van der Waals surface area contributed by atoms with E-state index in [1.807, 2.05) is 30.3 Å². The highest BCUT2D eigenvalue weighted by Crippen LogP contribution is 2.05. The Hall–Kier alpha value is -2.63. The Balaban J connectivity index is 2.56. The molecule has 1 rings (SSSR count). The Morgan fingerprint density at radius 1 is 1.17 bits per heavy atom. The van der Waals surface area contributed by atoms with Crippen LogP contribution in [-0.2, 0) is 19.1 Å². The molecule has 0 saturated heterocycles. The van der Waals surface area contributed by atoms with Crippen LogP contribution in [0.15, 0.2) is 36.4 Å². The molecule has 1 aromatic carbocycles. The standard InChI is InChI=1S/C17H22N2O4/c1-12(15(21)19-17(2,3)16(22)23-4)18-14(20)11-10-13-8-6-5-7-9-13/h5-12H,1-4H3,(H,18,20)(H,19,21)/b11-10+. The van der Waals surface area contributed by atoms with Gasteiger partial charge in [-0.1, -0.05) is 30.3 Å². The molecule has 0 aromatic heterocycles. The molecule has 2 N–H and O–H groups in total. The van der Waals surface area contributed by atoms with Gasteiger partial charge < -0.3 is 15.4 Å². The zero-order chi connectivity index (χ0) is 17.5. The fourth-order valence-corrected chi connectivity index (χ4v) is 1.79. The number of methoxy groups -OCH3 is 1. The van der Waals surface area contributed by atoms with E-state index in [-0.39, 0.29) is 0 Å². The number of carbonyl (C=O) groups is 3. The van der Waals surface area contributed by atoms with Crippen LogP contribution in [0, 0.1) is 0 Å². The molecule has 0 bridgehead atoms. The Labute approximate surface area is 135 Å². The molecule has 0 spiro atoms. The van der Waals surface area contributed by atoms with Crippen LogP contribution in [0.5, 0.6) is 0 Å². The summed E-state index contributed by atoms with van der Waals surface area (Å²) >= 11 is 0. The number of nitrogens with one attached hydrogen (secondary N) is 2. The monoisotopic (exact) mass is 318 g/mol. The van der Waals surface area contributed by atoms with E-state index in [1.54, 1.807) is 6.08 Å². The van der Waals surface area contributed by atoms with Crippen molar-refractivity contribution in [3.63, 3.8) is 0 Å². The van der Waals surface area contributed by atoms with Crippen molar-refractivity contribution < 1.29 is 19.1 Å². The molecule has 2 amide bonds. The summed E-state index contributed by atoms with van der Waals surface area (Å²) in [6, 6.07) is 8.54. The van der Waals surface area contributed by atoms with Crippen molar-refractivity contribution in [2.75, 3.05) is 7.11 Å². The fraction of sp³-hybridized carbons (Fsp3) is 0.353. The van der Waals surface area contributed by atoms with Gasteiger partial charge in [0.1, 0.15) is 11.6 Å². The van der Waals surface area contributed by atoms with E-state index in [2.05, 4.69) is 15.4 Å². The van der Waals surface area contributed by atoms with Gasteiger partial charge in [0.05, 0.1) is 7.11 Å². The van der Waals surface area contributed by atoms with E-state index < -0.39 is 29.4 Å². The van der Waals surface area contributed by atoms with Crippen LogP contribution in [0.2, 0.25) is 0 Å². The smallest absolute Gasteiger partial charge is 0.330 e. The molecule has 1 unspecified atom stereocenters. The molecule has 124 valence electrons. The van der Waals surface area contributed by atoms with Gasteiger partial charge in [0, 0.05) is 6.08 Å². The highest BCUT2D eigenvalue weighted by atomic mass is 16.5. The molecule has 6 nitrogen and oxygen atoms in total. The minimum absolute atomic E-state index is 0.396. The molecule has 0 fully saturated rings. The topological polar surface area (TPSA) is 84.5 Å². The van der Waals surface area contributed by atoms with Crippen LogP contribution < -0.4 is 10.6 Å². The number of esters is 1. The summed E-state index contributed by atoms with van der Waals surface area (Å²) in [6.45, 7) is 4.60. The first kappa shape index (κ1) is 18.4. The number of amides is 2. The first-order chi connectivity index (χ1) is 10.8. The summed E-state index contributed by atoms with van der Waals surface area (Å²) in [6.07, 6.45) is 3.00. The van der Waals surface area contributed by atoms with Gasteiger partial charge >= 0.3 is 5.97 Å². The second kappa shape index (κ2) is 8.12. The molecular formula is C17H22N2O4. The number of hydrogen-bond donors (Lipinski definition) is 2. The van der Waals surface area contributed by atoms with E-state index in [0.717, 1.165) is 5.56 Å². The van der Waals surface area contributed by atoms with Gasteiger partial charge in [0.15, 0.2) is 0 Å². The normalized spacial score (nSPS) is 12.5. The van der Waals surface area contributed by atoms with Gasteiger partial charge in [-0.3, -0.25) is 9.59 Å². The summed E-state index contributed by atoms with van der Waals surface area (Å²) in [5.41, 5.74) is -0.281. The number of hydrogen-bond acceptors (Lipinski definition) is 4. The number of benzene rings is 1. The average Bonchev–Trinajstić information content (AvgIpc) is 2.52. The highest BCUT2D eigenvalue weighted by molar-refractivity contribution is 5.96. The predicted molar refractivity (Wildman–Crippen MR) is 87.3 cm³/mol. The SMILES string of the molecule is COC(=O)C(C)(C)NC(=O)C(C)NC(=O)/C=C/c1ccccc1. The zero-order valence-electron chi connectivity index (χ0n) is 13.8. The minimum atomic E-state index is -1.16. The Kier molecular flexibility index (Phi) is 6.50. The van der Waals surface area contributed by atoms with Gasteiger partial charge in [-0.2, -0.15) is 0 Å². The van der Waals surface area contributed by atoms with E-state index in [0.29, 0.717) is 0 Å². The molecule has 0 saturated carbocycles. The summed E-state index contributed by atoms with van der Waals surface area (Å²) in [5.74, 6) is -1.43. The lowest BCUT2D eigenvalue weighted by Gasteiger charge is -2.25. The van der Waals surface area contributed by atoms with Crippen molar-refractivity contribution in [1.82, 2.24) is 10.6 Å². The van der Waals surface area contributed by atoms with Crippen LogP contribution in [0.25, 0.3) is 6.08 Å². The number of carbonyl (C=O) groups excluding carboxylic acids is 3. The molecule has 0 aliphatic carbocycles. The van der Waals surface area contributed by atoms with Crippen molar-refractivity contribution in [2.45, 2.75) is 32.4 Å². The van der Waals surface area contributed by atoms with Crippen molar-refractivity contribution in [3.05, 3.63) is 42.0 Å². The highest BCUT2D eigenvalue weighted by Gasteiger charge is 2.32. The maximum atomic E-state index is 12.0. The third-order valence-corrected chi connectivity index (χ3v) is 3.11. The maximum Gasteiger partial charge on any atom is 0.330 e. The summed E-state index contributed by atoms with van der Waals surface area (Å²) in [7, 11) is 1.25. The molecule has 23 heavy (non-hydrogen) atoms. The van der Waals surface area contributed by atoms with Crippen molar-refractivity contribution in [3.8, 4) is 0 Å². The third kappa shape index (κ3) is 5.94. The molecule has 1 atom stereocenters. The van der Waals surface area contributed by atoms with Gasteiger partial charge in [-0.15, -0.1) is 0 Å². The Morgan fingerprint density at radius 2 is 1.78 bits per heavy atom. The van der Waals surface area contributed by atoms with Crippen LogP contribution in [0.3, 0.4) is 0 Å². The van der Waals surface area contributed by atoms with Gasteiger partial charge in [-0.25, -0.2) is 4.79 Å². The Bertz CT molecular complexity index is 594. The molecule has 0 aliphatic heterocycles. The zero-order valence-corrected chi connectivity index (χ0v) is 13.8. The maximum absolute atomic E-state index is 12.0. The lowest BCUT2D eigenvalue weighted by Crippen LogP contribution is -2.55. The fourth-order valence-electron chi connectivity index (χ4n) is 1.79. The first-order valence-electron chi connectivity index (χ1n) is 7.20. The van der Waals surface area contributed by atoms with Crippen molar-refractivity contribution >= 4 is 23.9 Å². The summed E-state index contributed by atoms with van der Waals surface area (Å²) in [5, 5.41) is 5.07. The quantitative estimate of drug-likeness (QED) is 0.611. The van der Waals surface area contributed by atoms with Gasteiger partial charge in [0.25, 0.3) is 0 Å². The van der Waals surface area contributed by atoms with E-state index in [4.69, 9.17) is 0 Å². The van der Waals surface area contributed by atoms with E-state index >= 15 is 0 Å². The van der Waals surface area contributed by atoms with E-state index in [9.17, 15) is 14.4 Å². The van der Waals surface area contributed by atoms with Crippen LogP contribution >= 0.6 is 0 Å². The second-order valence-electron chi connectivity index (χ2n) is 5.58. The lowest BCUT2D eigenvalue weighted by molar-refractivity contribution is -0.149. The molecule has 0 heterocycles. The van der Waals surface area contributed by atoms with E-state index in [1.165, 1.54) is 34.0 Å². The largest absolute Gasteiger partial charge is 0.467 e. The van der Waals surface area contributed by atoms with Gasteiger partial charge in [0.2, 0.25) is 11.8 Å². The third-order valence-electron chi connectivity index (χ3n) is 3.11. The molecule has 1 aromatic rings. The average molecular weight is 318 g/mol. The predicted octanol–water partition coefficient (Wildman–Crippen LogP) is 1.27. The minimum Gasteiger partial charge on any atom is -0.467 e. The Morgan fingerprint density at radius 3 is 2.35 bits per heavy atom. The summed E-state index contributed by atoms with van der Waals surface area (Å²) in [4.78, 5) is 35.4. The molecule has 6 heteroatoms. The molecular weight excluding hydrogens is 296 g/mol. The summed E-state index contributed by atoms with van der Waals surface area (Å²) < 4.78 is 4.61. The molecule has 0 radical (unpaired) electrons. The van der Waals surface area contributed by atoms with Crippen LogP contribution in [-0.4, -0.2) is 36.5 Å². The second-order valence-corrected chi connectivity index (χ2v) is 5.58. The lowest BCUT2D eigenvalue weighted by atomic mass is 10.1. The van der Waals surface area contributed by atoms with Crippen LogP contribution in [0.4, 0.5) is 0 Å².